The molecule has 2 unspecified atom stereocenters. The van der Waals surface area contributed by atoms with Crippen molar-refractivity contribution in [2.75, 3.05) is 20.1 Å². The van der Waals surface area contributed by atoms with Crippen molar-refractivity contribution >= 4 is 34.1 Å². The van der Waals surface area contributed by atoms with Crippen LogP contribution in [0.15, 0.2) is 30.5 Å². The summed E-state index contributed by atoms with van der Waals surface area (Å²) in [4.78, 5) is 49.6. The van der Waals surface area contributed by atoms with Crippen LogP contribution in [0.1, 0.15) is 58.1 Å². The molecule has 224 valence electrons. The lowest BCUT2D eigenvalue weighted by Gasteiger charge is -2.47. The van der Waals surface area contributed by atoms with E-state index in [2.05, 4.69) is 39.6 Å². The molecule has 1 aromatic carbocycles. The van der Waals surface area contributed by atoms with Gasteiger partial charge in [-0.05, 0) is 61.4 Å². The quantitative estimate of drug-likeness (QED) is 0.506. The number of Topliss-reactive ketones (excluding diaryl/α,β-unsaturated/α-hetero) is 1. The number of piperidine rings is 1. The predicted molar refractivity (Wildman–Crippen MR) is 158 cm³/mol. The Balaban J connectivity index is 1.24. The van der Waals surface area contributed by atoms with Gasteiger partial charge >= 0.3 is 0 Å². The van der Waals surface area contributed by atoms with Gasteiger partial charge in [0.15, 0.2) is 11.6 Å². The van der Waals surface area contributed by atoms with Crippen molar-refractivity contribution in [2.45, 2.75) is 77.0 Å². The molecule has 9 nitrogen and oxygen atoms in total. The van der Waals surface area contributed by atoms with Gasteiger partial charge in [-0.15, -0.1) is 0 Å². The number of nitrogens with zero attached hydrogens (tertiary/aromatic N) is 2. The van der Waals surface area contributed by atoms with Crippen LogP contribution in [0.4, 0.5) is 0 Å². The van der Waals surface area contributed by atoms with Crippen LogP contribution in [0.5, 0.6) is 0 Å². The maximum absolute atomic E-state index is 14.5. The molecule has 2 aromatic rings. The number of aromatic amines is 1. The summed E-state index contributed by atoms with van der Waals surface area (Å²) in [6.07, 6.45) is 6.79. The van der Waals surface area contributed by atoms with E-state index in [0.717, 1.165) is 29.5 Å². The molecule has 7 rings (SSSR count). The van der Waals surface area contributed by atoms with Crippen molar-refractivity contribution in [2.24, 2.45) is 29.6 Å². The van der Waals surface area contributed by atoms with Crippen molar-refractivity contribution in [3.63, 3.8) is 0 Å². The van der Waals surface area contributed by atoms with Crippen LogP contribution in [-0.2, 0) is 25.5 Å². The molecule has 2 amide bonds. The van der Waals surface area contributed by atoms with E-state index in [1.165, 1.54) is 10.9 Å². The van der Waals surface area contributed by atoms with E-state index >= 15 is 0 Å². The number of aliphatic hydroxyl groups is 1. The molecule has 5 heterocycles. The number of H-pyrrole nitrogens is 1. The number of benzene rings is 1. The monoisotopic (exact) mass is 574 g/mol. The molecule has 5 aliphatic rings. The molecular formula is C33H42N4O5. The van der Waals surface area contributed by atoms with Crippen molar-refractivity contribution in [1.82, 2.24) is 20.1 Å². The van der Waals surface area contributed by atoms with Gasteiger partial charge in [0.2, 0.25) is 17.5 Å². The van der Waals surface area contributed by atoms with E-state index < -0.39 is 41.2 Å². The highest BCUT2D eigenvalue weighted by atomic mass is 16.7. The second-order valence-electron chi connectivity index (χ2n) is 13.9. The first-order valence-electron chi connectivity index (χ1n) is 15.6. The molecule has 7 atom stereocenters. The second-order valence-corrected chi connectivity index (χ2v) is 13.9. The zero-order valence-electron chi connectivity index (χ0n) is 25.1. The normalized spacial score (nSPS) is 36.0. The van der Waals surface area contributed by atoms with E-state index in [0.29, 0.717) is 25.9 Å². The molecule has 3 N–H and O–H groups in total. The van der Waals surface area contributed by atoms with E-state index in [1.54, 1.807) is 4.90 Å². The Morgan fingerprint density at radius 1 is 1.24 bits per heavy atom. The van der Waals surface area contributed by atoms with Gasteiger partial charge in [0, 0.05) is 42.1 Å². The third kappa shape index (κ3) is 3.75. The zero-order valence-corrected chi connectivity index (χ0v) is 25.1. The first kappa shape index (κ1) is 27.8. The Labute approximate surface area is 246 Å². The number of ether oxygens (including phenoxy) is 1. The Bertz CT molecular complexity index is 1510. The summed E-state index contributed by atoms with van der Waals surface area (Å²) in [5.41, 5.74) is 2.90. The van der Waals surface area contributed by atoms with Crippen LogP contribution in [0.3, 0.4) is 0 Å². The lowest BCUT2D eigenvalue weighted by Crippen LogP contribution is -2.64. The van der Waals surface area contributed by atoms with Gasteiger partial charge in [0.25, 0.3) is 0 Å². The van der Waals surface area contributed by atoms with Crippen LogP contribution in [-0.4, -0.2) is 81.2 Å². The van der Waals surface area contributed by atoms with E-state index in [9.17, 15) is 19.5 Å². The summed E-state index contributed by atoms with van der Waals surface area (Å²) < 4.78 is 6.51. The largest absolute Gasteiger partial charge is 0.363 e. The van der Waals surface area contributed by atoms with E-state index in [4.69, 9.17) is 4.74 Å². The van der Waals surface area contributed by atoms with Gasteiger partial charge in [-0.2, -0.15) is 0 Å². The van der Waals surface area contributed by atoms with Crippen molar-refractivity contribution in [3.05, 3.63) is 41.6 Å². The second kappa shape index (κ2) is 9.49. The minimum atomic E-state index is -1.84. The number of hydrogen-bond donors (Lipinski definition) is 3. The number of aromatic nitrogens is 1. The first-order valence-corrected chi connectivity index (χ1v) is 15.6. The minimum Gasteiger partial charge on any atom is -0.363 e. The molecule has 1 aliphatic carbocycles. The Hall–Kier alpha value is -3.01. The summed E-state index contributed by atoms with van der Waals surface area (Å²) in [6, 6.07) is 5.79. The number of carbonyl (C=O) groups excluding carboxylic acids is 3. The SMILES string of the molecule is CC(C)C[C@H]1C(=O)N2CCC[C@H]2[C@]2(O)OC(NC(=O)[C@@H]3C=C4c5cccc6[nH]cc(c56)C[C@H]4N(C)C3)(C(C)C)C(=O)C12. The lowest BCUT2D eigenvalue weighted by atomic mass is 9.70. The molecule has 4 aliphatic heterocycles. The molecule has 3 saturated heterocycles. The fourth-order valence-corrected chi connectivity index (χ4v) is 8.62. The summed E-state index contributed by atoms with van der Waals surface area (Å²) >= 11 is 0. The summed E-state index contributed by atoms with van der Waals surface area (Å²) in [5, 5.41) is 16.4. The molecule has 42 heavy (non-hydrogen) atoms. The summed E-state index contributed by atoms with van der Waals surface area (Å²) in [6.45, 7) is 8.75. The summed E-state index contributed by atoms with van der Waals surface area (Å²) in [7, 11) is 2.04. The van der Waals surface area contributed by atoms with Gasteiger partial charge in [0.05, 0.1) is 23.8 Å². The van der Waals surface area contributed by atoms with E-state index in [1.807, 2.05) is 40.8 Å². The van der Waals surface area contributed by atoms with E-state index in [-0.39, 0.29) is 29.6 Å². The number of likely N-dealkylation sites (N-methyl/N-ethyl adjacent to an activating group) is 1. The van der Waals surface area contributed by atoms with Crippen molar-refractivity contribution in [1.29, 1.82) is 0 Å². The standard InChI is InChI=1S/C33H42N4O5/c1-17(2)12-23-28-29(38)32(18(3)4,42-33(28,41)26-10-7-11-37(26)31(23)40)35-30(39)20-13-22-21-8-6-9-24-27(21)19(15-34-24)14-25(22)36(5)16-20/h6,8-9,13,15,17-18,20,23,25-26,28,34,41H,7,10-12,14,16H2,1-5H3,(H,35,39)/t20-,23-,25-,26+,28?,32?,33+/m1/s1. The molecule has 3 fully saturated rings. The van der Waals surface area contributed by atoms with Crippen LogP contribution in [0, 0.1) is 29.6 Å². The molecule has 9 heteroatoms. The average molecular weight is 575 g/mol. The highest BCUT2D eigenvalue weighted by Gasteiger charge is 2.73. The molecule has 0 saturated carbocycles. The zero-order chi connectivity index (χ0) is 29.7. The fourth-order valence-electron chi connectivity index (χ4n) is 8.62. The fraction of sp³-hybridized carbons (Fsp3) is 0.606. The minimum absolute atomic E-state index is 0.0796. The molecule has 0 radical (unpaired) electrons. The van der Waals surface area contributed by atoms with Crippen molar-refractivity contribution in [3.8, 4) is 0 Å². The smallest absolute Gasteiger partial charge is 0.230 e. The number of fused-ring (bicyclic) bond motifs is 5. The number of hydrogen-bond acceptors (Lipinski definition) is 6. The van der Waals surface area contributed by atoms with Crippen LogP contribution < -0.4 is 5.32 Å². The molecular weight excluding hydrogens is 532 g/mol. The first-order chi connectivity index (χ1) is 20.0. The van der Waals surface area contributed by atoms with Gasteiger partial charge < -0.3 is 25.0 Å². The third-order valence-corrected chi connectivity index (χ3v) is 10.6. The maximum Gasteiger partial charge on any atom is 0.230 e. The number of carbonyl (C=O) groups is 3. The number of ketones is 1. The third-order valence-electron chi connectivity index (χ3n) is 10.6. The highest BCUT2D eigenvalue weighted by Crippen LogP contribution is 2.53. The topological polar surface area (TPSA) is 115 Å². The number of nitrogens with one attached hydrogen (secondary N) is 2. The van der Waals surface area contributed by atoms with Gasteiger partial charge in [-0.25, -0.2) is 0 Å². The number of amides is 2. The van der Waals surface area contributed by atoms with Crippen LogP contribution in [0.2, 0.25) is 0 Å². The molecule has 0 bridgehead atoms. The average Bonchev–Trinajstić information content (AvgIpc) is 3.65. The van der Waals surface area contributed by atoms with Crippen LogP contribution in [0.25, 0.3) is 16.5 Å². The van der Waals surface area contributed by atoms with Crippen LogP contribution >= 0.6 is 0 Å². The Morgan fingerprint density at radius 2 is 2.02 bits per heavy atom. The van der Waals surface area contributed by atoms with Gasteiger partial charge in [-0.1, -0.05) is 45.9 Å². The maximum atomic E-state index is 14.5. The van der Waals surface area contributed by atoms with Gasteiger partial charge in [0.1, 0.15) is 0 Å². The summed E-state index contributed by atoms with van der Waals surface area (Å²) in [5.74, 6) is -5.13. The lowest BCUT2D eigenvalue weighted by molar-refractivity contribution is -0.290. The predicted octanol–water partition coefficient (Wildman–Crippen LogP) is 3.08. The Morgan fingerprint density at radius 3 is 2.76 bits per heavy atom. The molecule has 1 aromatic heterocycles. The molecule has 0 spiro atoms. The Kier molecular flexibility index (Phi) is 6.28. The highest BCUT2D eigenvalue weighted by molar-refractivity contribution is 6.02. The number of rotatable bonds is 5. The van der Waals surface area contributed by atoms with Crippen molar-refractivity contribution < 1.29 is 24.2 Å². The van der Waals surface area contributed by atoms with Gasteiger partial charge in [-0.3, -0.25) is 19.3 Å².